The van der Waals surface area contributed by atoms with E-state index in [4.69, 9.17) is 0 Å². The van der Waals surface area contributed by atoms with Crippen molar-refractivity contribution in [2.75, 3.05) is 18.0 Å². The van der Waals surface area contributed by atoms with Crippen LogP contribution in [0.2, 0.25) is 0 Å². The molecule has 4 heteroatoms. The van der Waals surface area contributed by atoms with Crippen LogP contribution >= 0.6 is 0 Å². The average molecular weight is 233 g/mol. The fraction of sp³-hybridized carbons (Fsp3) is 0.692. The van der Waals surface area contributed by atoms with E-state index in [1.807, 2.05) is 6.92 Å². The van der Waals surface area contributed by atoms with Crippen LogP contribution in [0.5, 0.6) is 0 Å². The van der Waals surface area contributed by atoms with E-state index in [1.54, 1.807) is 6.07 Å². The van der Waals surface area contributed by atoms with Gasteiger partial charge in [-0.2, -0.15) is 5.10 Å². The molecule has 0 unspecified atom stereocenters. The summed E-state index contributed by atoms with van der Waals surface area (Å²) >= 11 is 0. The van der Waals surface area contributed by atoms with Gasteiger partial charge in [-0.3, -0.25) is 4.79 Å². The van der Waals surface area contributed by atoms with Gasteiger partial charge in [0.2, 0.25) is 0 Å². The monoisotopic (exact) mass is 233 g/mol. The fourth-order valence-electron chi connectivity index (χ4n) is 3.46. The SMILES string of the molecule is Cc1cc(=O)[nH]nc1N1CCC2(CCCC2)C1. The van der Waals surface area contributed by atoms with Gasteiger partial charge in [-0.05, 0) is 37.2 Å². The molecule has 1 saturated carbocycles. The molecule has 17 heavy (non-hydrogen) atoms. The molecule has 2 fully saturated rings. The summed E-state index contributed by atoms with van der Waals surface area (Å²) in [6, 6.07) is 1.64. The van der Waals surface area contributed by atoms with E-state index in [0.29, 0.717) is 5.41 Å². The van der Waals surface area contributed by atoms with Gasteiger partial charge in [-0.25, -0.2) is 5.10 Å². The van der Waals surface area contributed by atoms with Gasteiger partial charge in [0.25, 0.3) is 5.56 Å². The number of aromatic amines is 1. The Kier molecular flexibility index (Phi) is 2.45. The number of hydrogen-bond acceptors (Lipinski definition) is 3. The molecular formula is C13H19N3O. The number of aromatic nitrogens is 2. The van der Waals surface area contributed by atoms with Gasteiger partial charge in [0, 0.05) is 19.2 Å². The third kappa shape index (κ3) is 1.85. The molecule has 0 atom stereocenters. The Balaban J connectivity index is 1.84. The van der Waals surface area contributed by atoms with Crippen LogP contribution < -0.4 is 10.5 Å². The van der Waals surface area contributed by atoms with Gasteiger partial charge in [0.05, 0.1) is 0 Å². The van der Waals surface area contributed by atoms with Gasteiger partial charge >= 0.3 is 0 Å². The number of H-pyrrole nitrogens is 1. The molecule has 3 rings (SSSR count). The number of nitrogens with one attached hydrogen (secondary N) is 1. The van der Waals surface area contributed by atoms with Crippen molar-refractivity contribution in [2.45, 2.75) is 39.0 Å². The van der Waals surface area contributed by atoms with E-state index in [-0.39, 0.29) is 5.56 Å². The second-order valence-electron chi connectivity index (χ2n) is 5.62. The van der Waals surface area contributed by atoms with Crippen molar-refractivity contribution in [3.8, 4) is 0 Å². The Bertz CT molecular complexity index is 474. The molecule has 1 aromatic heterocycles. The molecular weight excluding hydrogens is 214 g/mol. The van der Waals surface area contributed by atoms with Crippen LogP contribution in [0.1, 0.15) is 37.7 Å². The first-order valence-electron chi connectivity index (χ1n) is 6.50. The molecule has 2 aliphatic rings. The van der Waals surface area contributed by atoms with Crippen molar-refractivity contribution in [2.24, 2.45) is 5.41 Å². The minimum atomic E-state index is -0.110. The van der Waals surface area contributed by atoms with Crippen molar-refractivity contribution >= 4 is 5.82 Å². The van der Waals surface area contributed by atoms with E-state index >= 15 is 0 Å². The van der Waals surface area contributed by atoms with Crippen LogP contribution in [0.15, 0.2) is 10.9 Å². The van der Waals surface area contributed by atoms with E-state index < -0.39 is 0 Å². The molecule has 2 heterocycles. The normalized spacial score (nSPS) is 22.5. The zero-order valence-corrected chi connectivity index (χ0v) is 10.3. The summed E-state index contributed by atoms with van der Waals surface area (Å²) in [5, 5.41) is 6.75. The third-order valence-corrected chi connectivity index (χ3v) is 4.37. The molecule has 0 radical (unpaired) electrons. The zero-order valence-electron chi connectivity index (χ0n) is 10.3. The van der Waals surface area contributed by atoms with Gasteiger partial charge in [0.15, 0.2) is 5.82 Å². The lowest BCUT2D eigenvalue weighted by Gasteiger charge is -2.24. The second-order valence-corrected chi connectivity index (χ2v) is 5.62. The summed E-state index contributed by atoms with van der Waals surface area (Å²) in [5.74, 6) is 0.966. The highest BCUT2D eigenvalue weighted by Crippen LogP contribution is 2.46. The van der Waals surface area contributed by atoms with Crippen LogP contribution in [0.3, 0.4) is 0 Å². The maximum atomic E-state index is 11.2. The number of rotatable bonds is 1. The molecule has 0 bridgehead atoms. The minimum absolute atomic E-state index is 0.110. The van der Waals surface area contributed by atoms with Crippen molar-refractivity contribution < 1.29 is 0 Å². The molecule has 1 aliphatic carbocycles. The molecule has 1 saturated heterocycles. The Morgan fingerprint density at radius 3 is 2.82 bits per heavy atom. The highest BCUT2D eigenvalue weighted by atomic mass is 16.1. The fourth-order valence-corrected chi connectivity index (χ4v) is 3.46. The van der Waals surface area contributed by atoms with Gasteiger partial charge in [0.1, 0.15) is 0 Å². The summed E-state index contributed by atoms with van der Waals surface area (Å²) < 4.78 is 0. The first kappa shape index (κ1) is 10.8. The van der Waals surface area contributed by atoms with Crippen molar-refractivity contribution in [1.29, 1.82) is 0 Å². The molecule has 0 amide bonds. The molecule has 1 N–H and O–H groups in total. The van der Waals surface area contributed by atoms with Crippen molar-refractivity contribution in [3.63, 3.8) is 0 Å². The summed E-state index contributed by atoms with van der Waals surface area (Å²) in [6.07, 6.45) is 6.78. The standard InChI is InChI=1S/C13H19N3O/c1-10-8-11(17)14-15-12(10)16-7-6-13(9-16)4-2-3-5-13/h8H,2-7,9H2,1H3,(H,14,17). The largest absolute Gasteiger partial charge is 0.354 e. The molecule has 1 aromatic rings. The molecule has 4 nitrogen and oxygen atoms in total. The van der Waals surface area contributed by atoms with E-state index in [1.165, 1.54) is 32.1 Å². The zero-order chi connectivity index (χ0) is 11.9. The van der Waals surface area contributed by atoms with E-state index in [0.717, 1.165) is 24.5 Å². The van der Waals surface area contributed by atoms with E-state index in [9.17, 15) is 4.79 Å². The lowest BCUT2D eigenvalue weighted by molar-refractivity contribution is 0.340. The number of aryl methyl sites for hydroxylation is 1. The number of anilines is 1. The third-order valence-electron chi connectivity index (χ3n) is 4.37. The molecule has 92 valence electrons. The van der Waals surface area contributed by atoms with Gasteiger partial charge in [-0.1, -0.05) is 12.8 Å². The van der Waals surface area contributed by atoms with Gasteiger partial charge < -0.3 is 4.90 Å². The van der Waals surface area contributed by atoms with Crippen molar-refractivity contribution in [1.82, 2.24) is 10.2 Å². The first-order valence-corrected chi connectivity index (χ1v) is 6.50. The van der Waals surface area contributed by atoms with Crippen LogP contribution in [-0.4, -0.2) is 23.3 Å². The van der Waals surface area contributed by atoms with Crippen LogP contribution in [-0.2, 0) is 0 Å². The Morgan fingerprint density at radius 2 is 2.12 bits per heavy atom. The number of hydrogen-bond donors (Lipinski definition) is 1. The lowest BCUT2D eigenvalue weighted by Crippen LogP contribution is -2.27. The Hall–Kier alpha value is -1.32. The maximum Gasteiger partial charge on any atom is 0.264 e. The predicted octanol–water partition coefficient (Wildman–Crippen LogP) is 1.85. The quantitative estimate of drug-likeness (QED) is 0.805. The Morgan fingerprint density at radius 1 is 1.35 bits per heavy atom. The van der Waals surface area contributed by atoms with Crippen molar-refractivity contribution in [3.05, 3.63) is 22.0 Å². The Labute approximate surface area is 101 Å². The molecule has 1 spiro atoms. The molecule has 1 aliphatic heterocycles. The van der Waals surface area contributed by atoms with Crippen LogP contribution in [0.4, 0.5) is 5.82 Å². The van der Waals surface area contributed by atoms with Crippen LogP contribution in [0, 0.1) is 12.3 Å². The smallest absolute Gasteiger partial charge is 0.264 e. The topological polar surface area (TPSA) is 49.0 Å². The first-order chi connectivity index (χ1) is 8.19. The van der Waals surface area contributed by atoms with Crippen LogP contribution in [0.25, 0.3) is 0 Å². The average Bonchev–Trinajstić information content (AvgIpc) is 2.90. The predicted molar refractivity (Wildman–Crippen MR) is 67.3 cm³/mol. The maximum absolute atomic E-state index is 11.2. The lowest BCUT2D eigenvalue weighted by atomic mass is 9.86. The second kappa shape index (κ2) is 3.86. The minimum Gasteiger partial charge on any atom is -0.354 e. The van der Waals surface area contributed by atoms with E-state index in [2.05, 4.69) is 15.1 Å². The highest BCUT2D eigenvalue weighted by Gasteiger charge is 2.40. The highest BCUT2D eigenvalue weighted by molar-refractivity contribution is 5.46. The molecule has 0 aromatic carbocycles. The summed E-state index contributed by atoms with van der Waals surface area (Å²) in [7, 11) is 0. The summed E-state index contributed by atoms with van der Waals surface area (Å²) in [4.78, 5) is 13.5. The number of nitrogens with zero attached hydrogens (tertiary/aromatic N) is 2. The van der Waals surface area contributed by atoms with Gasteiger partial charge in [-0.15, -0.1) is 0 Å². The summed E-state index contributed by atoms with van der Waals surface area (Å²) in [6.45, 7) is 4.17. The summed E-state index contributed by atoms with van der Waals surface area (Å²) in [5.41, 5.74) is 1.43.